The molecule has 0 aliphatic heterocycles. The van der Waals surface area contributed by atoms with Crippen LogP contribution >= 0.6 is 15.9 Å². The van der Waals surface area contributed by atoms with E-state index in [4.69, 9.17) is 0 Å². The number of benzene rings is 3. The van der Waals surface area contributed by atoms with Crippen LogP contribution in [0.2, 0.25) is 0 Å². The van der Waals surface area contributed by atoms with E-state index in [0.29, 0.717) is 12.0 Å². The molecule has 0 bridgehead atoms. The Labute approximate surface area is 191 Å². The standard InChI is InChI=1S/C24H24BrNO4S/c1-3-20(24(28)21-6-4-5-7-22(21)27)23(17-10-12-18(25)13-11-17)26-31(29,30)19-14-8-16(2)9-15-19/h4-15,20,23,26-27H,3H2,1-2H3/t20-,23+/m1/s1. The van der Waals surface area contributed by atoms with E-state index < -0.39 is 22.0 Å². The molecule has 0 saturated heterocycles. The molecule has 31 heavy (non-hydrogen) atoms. The van der Waals surface area contributed by atoms with Gasteiger partial charge < -0.3 is 5.11 Å². The number of aromatic hydroxyl groups is 1. The number of phenolic OH excluding ortho intramolecular Hbond substituents is 1. The summed E-state index contributed by atoms with van der Waals surface area (Å²) in [6.07, 6.45) is 0.379. The van der Waals surface area contributed by atoms with Gasteiger partial charge in [-0.25, -0.2) is 13.1 Å². The molecule has 7 heteroatoms. The number of carbonyl (C=O) groups excluding carboxylic acids is 1. The fourth-order valence-corrected chi connectivity index (χ4v) is 4.99. The van der Waals surface area contributed by atoms with Gasteiger partial charge in [-0.2, -0.15) is 0 Å². The highest BCUT2D eigenvalue weighted by atomic mass is 79.9. The second-order valence-corrected chi connectivity index (χ2v) is 9.99. The van der Waals surface area contributed by atoms with E-state index in [0.717, 1.165) is 10.0 Å². The van der Waals surface area contributed by atoms with E-state index >= 15 is 0 Å². The molecule has 0 aliphatic carbocycles. The van der Waals surface area contributed by atoms with Crippen molar-refractivity contribution in [2.24, 2.45) is 5.92 Å². The van der Waals surface area contributed by atoms with Gasteiger partial charge in [0, 0.05) is 10.4 Å². The van der Waals surface area contributed by atoms with Crippen molar-refractivity contribution >= 4 is 31.7 Å². The molecule has 3 rings (SSSR count). The lowest BCUT2D eigenvalue weighted by atomic mass is 9.85. The van der Waals surface area contributed by atoms with E-state index in [-0.39, 0.29) is 22.0 Å². The number of phenols is 1. The Morgan fingerprint density at radius 1 is 1.00 bits per heavy atom. The Kier molecular flexibility index (Phi) is 7.30. The van der Waals surface area contributed by atoms with Crippen LogP contribution < -0.4 is 4.72 Å². The van der Waals surface area contributed by atoms with E-state index in [2.05, 4.69) is 20.7 Å². The summed E-state index contributed by atoms with van der Waals surface area (Å²) in [4.78, 5) is 13.5. The molecule has 0 aliphatic rings. The first-order chi connectivity index (χ1) is 14.7. The normalized spacial score (nSPS) is 13.5. The Hall–Kier alpha value is -2.48. The number of hydrogen-bond donors (Lipinski definition) is 2. The number of aryl methyl sites for hydroxylation is 1. The fourth-order valence-electron chi connectivity index (χ4n) is 3.46. The third kappa shape index (κ3) is 5.42. The first kappa shape index (κ1) is 23.2. The molecular weight excluding hydrogens is 478 g/mol. The number of ketones is 1. The largest absolute Gasteiger partial charge is 0.507 e. The average Bonchev–Trinajstić information content (AvgIpc) is 2.74. The summed E-state index contributed by atoms with van der Waals surface area (Å²) in [5.41, 5.74) is 1.78. The Balaban J connectivity index is 2.05. The van der Waals surface area contributed by atoms with Crippen molar-refractivity contribution in [3.8, 4) is 5.75 Å². The summed E-state index contributed by atoms with van der Waals surface area (Å²) in [7, 11) is -3.89. The van der Waals surface area contributed by atoms with Gasteiger partial charge in [0.2, 0.25) is 10.0 Å². The monoisotopic (exact) mass is 501 g/mol. The molecule has 5 nitrogen and oxygen atoms in total. The molecular formula is C24H24BrNO4S. The van der Waals surface area contributed by atoms with Gasteiger partial charge in [0.25, 0.3) is 0 Å². The maximum atomic E-state index is 13.3. The maximum Gasteiger partial charge on any atom is 0.241 e. The third-order valence-corrected chi connectivity index (χ3v) is 7.18. The molecule has 0 radical (unpaired) electrons. The van der Waals surface area contributed by atoms with E-state index in [1.807, 2.05) is 13.8 Å². The molecule has 3 aromatic carbocycles. The molecule has 0 fully saturated rings. The average molecular weight is 502 g/mol. The first-order valence-corrected chi connectivity index (χ1v) is 12.2. The molecule has 0 aromatic heterocycles. The zero-order valence-electron chi connectivity index (χ0n) is 17.2. The molecule has 0 unspecified atom stereocenters. The summed E-state index contributed by atoms with van der Waals surface area (Å²) in [5.74, 6) is -1.16. The van der Waals surface area contributed by atoms with Crippen LogP contribution in [0.15, 0.2) is 82.2 Å². The summed E-state index contributed by atoms with van der Waals surface area (Å²) in [6.45, 7) is 3.71. The molecule has 0 amide bonds. The van der Waals surface area contributed by atoms with Crippen LogP contribution in [0.5, 0.6) is 5.75 Å². The molecule has 2 N–H and O–H groups in total. The minimum absolute atomic E-state index is 0.123. The molecule has 0 spiro atoms. The van der Waals surface area contributed by atoms with Gasteiger partial charge in [0.05, 0.1) is 16.5 Å². The molecule has 2 atom stereocenters. The van der Waals surface area contributed by atoms with Gasteiger partial charge in [0.15, 0.2) is 5.78 Å². The lowest BCUT2D eigenvalue weighted by Crippen LogP contribution is -2.36. The predicted octanol–water partition coefficient (Wildman–Crippen LogP) is 5.39. The van der Waals surface area contributed by atoms with Crippen molar-refractivity contribution in [1.29, 1.82) is 0 Å². The number of halogens is 1. The van der Waals surface area contributed by atoms with Crippen molar-refractivity contribution in [3.63, 3.8) is 0 Å². The van der Waals surface area contributed by atoms with Crippen LogP contribution in [-0.2, 0) is 10.0 Å². The Morgan fingerprint density at radius 2 is 1.61 bits per heavy atom. The second kappa shape index (κ2) is 9.77. The number of carbonyl (C=O) groups is 1. The maximum absolute atomic E-state index is 13.3. The van der Waals surface area contributed by atoms with E-state index in [1.54, 1.807) is 66.7 Å². The summed E-state index contributed by atoms with van der Waals surface area (Å²) in [6, 6.07) is 19.2. The minimum Gasteiger partial charge on any atom is -0.507 e. The smallest absolute Gasteiger partial charge is 0.241 e. The number of Topliss-reactive ketones (excluding diaryl/α,β-unsaturated/α-hetero) is 1. The number of nitrogens with one attached hydrogen (secondary N) is 1. The fraction of sp³-hybridized carbons (Fsp3) is 0.208. The highest BCUT2D eigenvalue weighted by Gasteiger charge is 2.33. The Bertz CT molecular complexity index is 1160. The topological polar surface area (TPSA) is 83.5 Å². The highest BCUT2D eigenvalue weighted by molar-refractivity contribution is 9.10. The van der Waals surface area contributed by atoms with Crippen molar-refractivity contribution in [1.82, 2.24) is 4.72 Å². The van der Waals surface area contributed by atoms with Gasteiger partial charge in [-0.15, -0.1) is 0 Å². The van der Waals surface area contributed by atoms with Crippen molar-refractivity contribution in [3.05, 3.63) is 94.0 Å². The number of para-hydroxylation sites is 1. The number of rotatable bonds is 8. The van der Waals surface area contributed by atoms with Crippen LogP contribution in [0.25, 0.3) is 0 Å². The zero-order chi connectivity index (χ0) is 22.6. The van der Waals surface area contributed by atoms with E-state index in [9.17, 15) is 18.3 Å². The van der Waals surface area contributed by atoms with Crippen LogP contribution in [-0.4, -0.2) is 19.3 Å². The lowest BCUT2D eigenvalue weighted by Gasteiger charge is -2.27. The summed E-state index contributed by atoms with van der Waals surface area (Å²) in [5, 5.41) is 10.2. The lowest BCUT2D eigenvalue weighted by molar-refractivity contribution is 0.0889. The Morgan fingerprint density at radius 3 is 2.19 bits per heavy atom. The van der Waals surface area contributed by atoms with Crippen LogP contribution in [0.4, 0.5) is 0 Å². The molecule has 0 heterocycles. The SMILES string of the molecule is CC[C@@H](C(=O)c1ccccc1O)[C@@H](NS(=O)(=O)c1ccc(C)cc1)c1ccc(Br)cc1. The minimum atomic E-state index is -3.89. The molecule has 3 aromatic rings. The number of sulfonamides is 1. The van der Waals surface area contributed by atoms with Crippen LogP contribution in [0, 0.1) is 12.8 Å². The predicted molar refractivity (Wildman–Crippen MR) is 125 cm³/mol. The van der Waals surface area contributed by atoms with Gasteiger partial charge >= 0.3 is 0 Å². The highest BCUT2D eigenvalue weighted by Crippen LogP contribution is 2.32. The first-order valence-electron chi connectivity index (χ1n) is 9.89. The van der Waals surface area contributed by atoms with Gasteiger partial charge in [-0.1, -0.05) is 64.8 Å². The van der Waals surface area contributed by atoms with Crippen molar-refractivity contribution < 1.29 is 18.3 Å². The number of hydrogen-bond acceptors (Lipinski definition) is 4. The molecule has 162 valence electrons. The van der Waals surface area contributed by atoms with Gasteiger partial charge in [0.1, 0.15) is 5.75 Å². The van der Waals surface area contributed by atoms with Crippen LogP contribution in [0.1, 0.15) is 40.9 Å². The third-order valence-electron chi connectivity index (χ3n) is 5.19. The van der Waals surface area contributed by atoms with Gasteiger partial charge in [-0.3, -0.25) is 4.79 Å². The molecule has 0 saturated carbocycles. The van der Waals surface area contributed by atoms with E-state index in [1.165, 1.54) is 6.07 Å². The van der Waals surface area contributed by atoms with Crippen LogP contribution in [0.3, 0.4) is 0 Å². The summed E-state index contributed by atoms with van der Waals surface area (Å²) >= 11 is 3.39. The zero-order valence-corrected chi connectivity index (χ0v) is 19.7. The van der Waals surface area contributed by atoms with Gasteiger partial charge in [-0.05, 0) is 55.3 Å². The summed E-state index contributed by atoms with van der Waals surface area (Å²) < 4.78 is 29.9. The van der Waals surface area contributed by atoms with Crippen molar-refractivity contribution in [2.45, 2.75) is 31.2 Å². The second-order valence-electron chi connectivity index (χ2n) is 7.36. The van der Waals surface area contributed by atoms with Crippen molar-refractivity contribution in [2.75, 3.05) is 0 Å². The quantitative estimate of drug-likeness (QED) is 0.405.